The molecule has 0 spiro atoms. The Kier molecular flexibility index (Phi) is 6.33. The van der Waals surface area contributed by atoms with Gasteiger partial charge < -0.3 is 14.9 Å². The van der Waals surface area contributed by atoms with Crippen molar-refractivity contribution in [3.63, 3.8) is 0 Å². The highest BCUT2D eigenvalue weighted by Gasteiger charge is 2.39. The first-order valence-corrected chi connectivity index (χ1v) is 12.4. The quantitative estimate of drug-likeness (QED) is 0.505. The number of hydrogen-bond acceptors (Lipinski definition) is 5. The van der Waals surface area contributed by atoms with E-state index in [1.165, 1.54) is 7.11 Å². The van der Waals surface area contributed by atoms with Crippen molar-refractivity contribution in [2.75, 3.05) is 7.11 Å². The van der Waals surface area contributed by atoms with Crippen LogP contribution >= 0.6 is 23.2 Å². The van der Waals surface area contributed by atoms with Gasteiger partial charge in [-0.15, -0.1) is 0 Å². The molecule has 0 atom stereocenters. The van der Waals surface area contributed by atoms with Crippen LogP contribution in [0.15, 0.2) is 12.1 Å². The van der Waals surface area contributed by atoms with Crippen LogP contribution in [-0.4, -0.2) is 31.3 Å². The number of methoxy groups -OCH3 is 1. The van der Waals surface area contributed by atoms with Crippen LogP contribution < -0.4 is 14.9 Å². The van der Waals surface area contributed by atoms with E-state index in [1.54, 1.807) is 6.07 Å². The van der Waals surface area contributed by atoms with Crippen molar-refractivity contribution in [1.82, 2.24) is 9.97 Å². The van der Waals surface area contributed by atoms with E-state index in [0.717, 1.165) is 5.56 Å². The molecule has 1 aromatic carbocycles. The summed E-state index contributed by atoms with van der Waals surface area (Å²) in [6, 6.07) is 3.53. The lowest BCUT2D eigenvalue weighted by Crippen LogP contribution is -2.44. The maximum atomic E-state index is 12.1. The summed E-state index contributed by atoms with van der Waals surface area (Å²) in [6.07, 6.45) is 0. The van der Waals surface area contributed by atoms with Gasteiger partial charge in [0.25, 0.3) is 5.91 Å². The van der Waals surface area contributed by atoms with Crippen molar-refractivity contribution >= 4 is 37.4 Å². The molecule has 1 heterocycles. The van der Waals surface area contributed by atoms with Crippen LogP contribution in [0.25, 0.3) is 11.3 Å². The first-order chi connectivity index (χ1) is 12.8. The minimum atomic E-state index is -2.10. The maximum Gasteiger partial charge on any atom is 0.256 e. The fourth-order valence-corrected chi connectivity index (χ4v) is 3.99. The first-order valence-electron chi connectivity index (χ1n) is 8.70. The molecule has 9 heteroatoms. The minimum absolute atomic E-state index is 0.00585. The predicted molar refractivity (Wildman–Crippen MR) is 115 cm³/mol. The summed E-state index contributed by atoms with van der Waals surface area (Å²) in [6.45, 7) is 12.6. The van der Waals surface area contributed by atoms with Gasteiger partial charge in [0, 0.05) is 11.1 Å². The molecule has 0 saturated carbocycles. The number of carbonyl (C=O) groups is 1. The fourth-order valence-electron chi connectivity index (χ4n) is 2.45. The molecule has 0 saturated heterocycles. The van der Waals surface area contributed by atoms with Crippen molar-refractivity contribution in [3.8, 4) is 22.9 Å². The van der Waals surface area contributed by atoms with Gasteiger partial charge in [-0.1, -0.05) is 32.4 Å². The van der Waals surface area contributed by atoms with Crippen LogP contribution in [-0.2, 0) is 0 Å². The highest BCUT2D eigenvalue weighted by atomic mass is 35.5. The smallest absolute Gasteiger partial charge is 0.256 e. The molecule has 0 aliphatic rings. The number of rotatable bonds is 5. The van der Waals surface area contributed by atoms with Gasteiger partial charge in [0.2, 0.25) is 19.5 Å². The lowest BCUT2D eigenvalue weighted by Gasteiger charge is -2.37. The molecule has 6 nitrogen and oxygen atoms in total. The summed E-state index contributed by atoms with van der Waals surface area (Å²) in [5.74, 6) is -0.0708. The molecule has 0 aliphatic carbocycles. The lowest BCUT2D eigenvalue weighted by atomic mass is 10.0. The lowest BCUT2D eigenvalue weighted by molar-refractivity contribution is 0.0997. The minimum Gasteiger partial charge on any atom is -0.543 e. The second kappa shape index (κ2) is 7.89. The number of primary amides is 1. The molecule has 28 heavy (non-hydrogen) atoms. The zero-order chi connectivity index (χ0) is 21.4. The zero-order valence-electron chi connectivity index (χ0n) is 17.1. The van der Waals surface area contributed by atoms with E-state index in [2.05, 4.69) is 43.8 Å². The normalized spacial score (nSPS) is 12.0. The Morgan fingerprint density at radius 1 is 1.18 bits per heavy atom. The van der Waals surface area contributed by atoms with Crippen molar-refractivity contribution in [3.05, 3.63) is 33.6 Å². The molecule has 1 amide bonds. The van der Waals surface area contributed by atoms with E-state index in [1.807, 2.05) is 13.0 Å². The predicted octanol–water partition coefficient (Wildman–Crippen LogP) is 5.25. The molecular weight excluding hydrogens is 417 g/mol. The first kappa shape index (κ1) is 22.5. The molecule has 0 radical (unpaired) electrons. The highest BCUT2D eigenvalue weighted by molar-refractivity contribution is 6.74. The van der Waals surface area contributed by atoms with E-state index < -0.39 is 14.2 Å². The van der Waals surface area contributed by atoms with E-state index >= 15 is 0 Å². The summed E-state index contributed by atoms with van der Waals surface area (Å²) < 4.78 is 11.6. The van der Waals surface area contributed by atoms with Crippen molar-refractivity contribution in [2.24, 2.45) is 5.73 Å². The molecule has 2 aromatic rings. The highest BCUT2D eigenvalue weighted by Crippen LogP contribution is 2.43. The van der Waals surface area contributed by atoms with E-state index in [4.69, 9.17) is 38.1 Å². The van der Waals surface area contributed by atoms with Crippen LogP contribution in [0.2, 0.25) is 28.4 Å². The number of benzene rings is 1. The van der Waals surface area contributed by atoms with E-state index in [-0.39, 0.29) is 27.5 Å². The second-order valence-electron chi connectivity index (χ2n) is 8.00. The summed E-state index contributed by atoms with van der Waals surface area (Å²) in [4.78, 5) is 20.3. The van der Waals surface area contributed by atoms with Gasteiger partial charge in [0.15, 0.2) is 0 Å². The third kappa shape index (κ3) is 4.26. The maximum absolute atomic E-state index is 12.1. The molecule has 0 fully saturated rings. The third-order valence-electron chi connectivity index (χ3n) is 5.06. The Balaban J connectivity index is 2.76. The van der Waals surface area contributed by atoms with E-state index in [0.29, 0.717) is 16.3 Å². The van der Waals surface area contributed by atoms with Crippen LogP contribution in [0.3, 0.4) is 0 Å². The van der Waals surface area contributed by atoms with Crippen LogP contribution in [0.4, 0.5) is 0 Å². The summed E-state index contributed by atoms with van der Waals surface area (Å²) in [5.41, 5.74) is 7.04. The zero-order valence-corrected chi connectivity index (χ0v) is 19.6. The van der Waals surface area contributed by atoms with Gasteiger partial charge in [-0.3, -0.25) is 4.79 Å². The Labute approximate surface area is 176 Å². The van der Waals surface area contributed by atoms with Crippen molar-refractivity contribution < 1.29 is 14.0 Å². The van der Waals surface area contributed by atoms with E-state index in [9.17, 15) is 4.79 Å². The van der Waals surface area contributed by atoms with Crippen molar-refractivity contribution in [2.45, 2.75) is 45.8 Å². The molecule has 1 aromatic heterocycles. The van der Waals surface area contributed by atoms with Gasteiger partial charge in [-0.2, -0.15) is 4.98 Å². The summed E-state index contributed by atoms with van der Waals surface area (Å²) in [7, 11) is -0.725. The average Bonchev–Trinajstić information content (AvgIpc) is 2.55. The monoisotopic (exact) mass is 441 g/mol. The standard InChI is InChI=1S/C19H25Cl2N3O3Si/c1-10-12(27-28(6,7)19(2,3)4)9-8-11(20)13(10)15-14(16(22)25)17(26-5)24-18(21)23-15/h8-9H,1-7H3,(H2,22,25). The molecule has 0 unspecified atom stereocenters. The van der Waals surface area contributed by atoms with Crippen LogP contribution in [0, 0.1) is 6.92 Å². The van der Waals surface area contributed by atoms with Gasteiger partial charge in [-0.25, -0.2) is 4.98 Å². The SMILES string of the molecule is COc1nc(Cl)nc(-c2c(Cl)ccc(O[Si](C)(C)C(C)(C)C)c2C)c1C(N)=O. The van der Waals surface area contributed by atoms with Crippen molar-refractivity contribution in [1.29, 1.82) is 0 Å². The van der Waals surface area contributed by atoms with Crippen LogP contribution in [0.5, 0.6) is 11.6 Å². The summed E-state index contributed by atoms with van der Waals surface area (Å²) in [5, 5.41) is 0.321. The van der Waals surface area contributed by atoms with Gasteiger partial charge in [0.05, 0.1) is 17.8 Å². The molecular formula is C19H25Cl2N3O3Si. The van der Waals surface area contributed by atoms with Crippen LogP contribution in [0.1, 0.15) is 36.7 Å². The number of nitrogens with zero attached hydrogens (tertiary/aromatic N) is 2. The molecule has 0 bridgehead atoms. The Bertz CT molecular complexity index is 928. The topological polar surface area (TPSA) is 87.3 Å². The molecule has 0 aliphatic heterocycles. The number of nitrogens with two attached hydrogens (primary N) is 1. The summed E-state index contributed by atoms with van der Waals surface area (Å²) >= 11 is 12.5. The van der Waals surface area contributed by atoms with Gasteiger partial charge in [0.1, 0.15) is 11.3 Å². The third-order valence-corrected chi connectivity index (χ3v) is 9.89. The van der Waals surface area contributed by atoms with Gasteiger partial charge in [-0.05, 0) is 48.8 Å². The number of halogens is 2. The molecule has 2 N–H and O–H groups in total. The number of hydrogen-bond donors (Lipinski definition) is 1. The number of ether oxygens (including phenoxy) is 1. The molecule has 152 valence electrons. The average molecular weight is 442 g/mol. The second-order valence-corrected chi connectivity index (χ2v) is 13.5. The number of aromatic nitrogens is 2. The largest absolute Gasteiger partial charge is 0.543 e. The Hall–Kier alpha value is -1.83. The Morgan fingerprint density at radius 2 is 1.79 bits per heavy atom. The molecule has 2 rings (SSSR count). The number of amides is 1. The Morgan fingerprint density at radius 3 is 2.29 bits per heavy atom. The number of carbonyl (C=O) groups excluding carboxylic acids is 1. The fraction of sp³-hybridized carbons (Fsp3) is 0.421. The van der Waals surface area contributed by atoms with Gasteiger partial charge >= 0.3 is 0 Å².